The fourth-order valence-corrected chi connectivity index (χ4v) is 2.61. The summed E-state index contributed by atoms with van der Waals surface area (Å²) in [6.45, 7) is 4.11. The van der Waals surface area contributed by atoms with Crippen molar-refractivity contribution in [2.45, 2.75) is 19.4 Å². The van der Waals surface area contributed by atoms with Crippen molar-refractivity contribution in [3.8, 4) is 6.07 Å². The molecule has 2 aromatic rings. The molecule has 0 bridgehead atoms. The zero-order chi connectivity index (χ0) is 11.8. The summed E-state index contributed by atoms with van der Waals surface area (Å²) >= 11 is 0. The van der Waals surface area contributed by atoms with E-state index in [1.807, 2.05) is 25.1 Å². The summed E-state index contributed by atoms with van der Waals surface area (Å²) in [5, 5.41) is 12.3. The van der Waals surface area contributed by atoms with Crippen LogP contribution in [0.25, 0.3) is 11.0 Å². The van der Waals surface area contributed by atoms with Gasteiger partial charge in [0.25, 0.3) is 0 Å². The van der Waals surface area contributed by atoms with Crippen LogP contribution in [0.5, 0.6) is 0 Å². The molecule has 1 aromatic carbocycles. The normalized spacial score (nSPS) is 19.6. The molecule has 0 spiro atoms. The average Bonchev–Trinajstić information content (AvgIpc) is 2.93. The molecule has 0 radical (unpaired) electrons. The lowest BCUT2D eigenvalue weighted by Gasteiger charge is -2.13. The molecular weight excluding hydrogens is 212 g/mol. The Hall–Kier alpha value is -1.86. The molecule has 86 valence electrons. The molecule has 2 heterocycles. The SMILES string of the molecule is Cc1nc2cc(C#N)ccc2n1[C@H]1CCNC1. The molecule has 1 aromatic heterocycles. The van der Waals surface area contributed by atoms with Gasteiger partial charge in [0, 0.05) is 12.6 Å². The van der Waals surface area contributed by atoms with Crippen molar-refractivity contribution in [1.29, 1.82) is 5.26 Å². The van der Waals surface area contributed by atoms with Gasteiger partial charge in [0.2, 0.25) is 0 Å². The lowest BCUT2D eigenvalue weighted by atomic mass is 10.2. The first kappa shape index (κ1) is 10.3. The van der Waals surface area contributed by atoms with E-state index in [0.717, 1.165) is 36.4 Å². The van der Waals surface area contributed by atoms with Crippen LogP contribution < -0.4 is 5.32 Å². The van der Waals surface area contributed by atoms with E-state index in [2.05, 4.69) is 20.9 Å². The Kier molecular flexibility index (Phi) is 2.34. The number of fused-ring (bicyclic) bond motifs is 1. The molecule has 1 N–H and O–H groups in total. The van der Waals surface area contributed by atoms with Gasteiger partial charge in [-0.05, 0) is 38.1 Å². The van der Waals surface area contributed by atoms with Crippen LogP contribution in [-0.2, 0) is 0 Å². The van der Waals surface area contributed by atoms with E-state index in [4.69, 9.17) is 5.26 Å². The largest absolute Gasteiger partial charge is 0.324 e. The molecular formula is C13H14N4. The molecule has 1 aliphatic heterocycles. The summed E-state index contributed by atoms with van der Waals surface area (Å²) < 4.78 is 2.29. The predicted molar refractivity (Wildman–Crippen MR) is 65.7 cm³/mol. The fraction of sp³-hybridized carbons (Fsp3) is 0.385. The maximum atomic E-state index is 8.89. The maximum Gasteiger partial charge on any atom is 0.107 e. The molecule has 4 nitrogen and oxygen atoms in total. The minimum Gasteiger partial charge on any atom is -0.324 e. The van der Waals surface area contributed by atoms with Gasteiger partial charge in [0.05, 0.1) is 22.7 Å². The van der Waals surface area contributed by atoms with E-state index in [9.17, 15) is 0 Å². The second-order valence-electron chi connectivity index (χ2n) is 4.49. The molecule has 1 aliphatic rings. The monoisotopic (exact) mass is 226 g/mol. The Balaban J connectivity index is 2.18. The Morgan fingerprint density at radius 2 is 2.41 bits per heavy atom. The number of hydrogen-bond acceptors (Lipinski definition) is 3. The summed E-state index contributed by atoms with van der Waals surface area (Å²) in [5.74, 6) is 1.03. The highest BCUT2D eigenvalue weighted by molar-refractivity contribution is 5.78. The standard InChI is InChI=1S/C13H14N4/c1-9-16-12-6-10(7-14)2-3-13(12)17(9)11-4-5-15-8-11/h2-3,6,11,15H,4-5,8H2,1H3/t11-/m0/s1. The molecule has 1 saturated heterocycles. The van der Waals surface area contributed by atoms with Crippen LogP contribution in [0, 0.1) is 18.3 Å². The van der Waals surface area contributed by atoms with E-state index in [1.165, 1.54) is 0 Å². The third-order valence-electron chi connectivity index (χ3n) is 3.39. The minimum absolute atomic E-state index is 0.493. The highest BCUT2D eigenvalue weighted by Gasteiger charge is 2.20. The van der Waals surface area contributed by atoms with Crippen LogP contribution >= 0.6 is 0 Å². The Morgan fingerprint density at radius 1 is 1.53 bits per heavy atom. The van der Waals surface area contributed by atoms with Crippen LogP contribution in [0.1, 0.15) is 23.9 Å². The van der Waals surface area contributed by atoms with Crippen LogP contribution in [0.4, 0.5) is 0 Å². The van der Waals surface area contributed by atoms with Crippen molar-refractivity contribution in [1.82, 2.24) is 14.9 Å². The zero-order valence-corrected chi connectivity index (χ0v) is 9.77. The lowest BCUT2D eigenvalue weighted by Crippen LogP contribution is -2.14. The van der Waals surface area contributed by atoms with Gasteiger partial charge in [-0.3, -0.25) is 0 Å². The Bertz CT molecular complexity index is 600. The van der Waals surface area contributed by atoms with Crippen molar-refractivity contribution in [3.63, 3.8) is 0 Å². The molecule has 4 heteroatoms. The van der Waals surface area contributed by atoms with Crippen molar-refractivity contribution in [3.05, 3.63) is 29.6 Å². The topological polar surface area (TPSA) is 53.6 Å². The number of aryl methyl sites for hydroxylation is 1. The third-order valence-corrected chi connectivity index (χ3v) is 3.39. The Morgan fingerprint density at radius 3 is 3.12 bits per heavy atom. The van der Waals surface area contributed by atoms with Gasteiger partial charge in [0.1, 0.15) is 5.82 Å². The summed E-state index contributed by atoms with van der Waals surface area (Å²) in [7, 11) is 0. The first-order chi connectivity index (χ1) is 8.29. The molecule has 0 amide bonds. The number of aromatic nitrogens is 2. The molecule has 1 atom stereocenters. The van der Waals surface area contributed by atoms with Gasteiger partial charge in [-0.25, -0.2) is 4.98 Å². The first-order valence-electron chi connectivity index (χ1n) is 5.89. The van der Waals surface area contributed by atoms with E-state index >= 15 is 0 Å². The predicted octanol–water partition coefficient (Wildman–Crippen LogP) is 1.75. The number of imidazole rings is 1. The summed E-state index contributed by atoms with van der Waals surface area (Å²) in [4.78, 5) is 4.55. The molecule has 3 rings (SSSR count). The van der Waals surface area contributed by atoms with Crippen molar-refractivity contribution >= 4 is 11.0 Å². The van der Waals surface area contributed by atoms with Crippen LogP contribution in [0.2, 0.25) is 0 Å². The average molecular weight is 226 g/mol. The van der Waals surface area contributed by atoms with Gasteiger partial charge in [-0.15, -0.1) is 0 Å². The van der Waals surface area contributed by atoms with Crippen LogP contribution in [0.15, 0.2) is 18.2 Å². The summed E-state index contributed by atoms with van der Waals surface area (Å²) in [6.07, 6.45) is 1.15. The summed E-state index contributed by atoms with van der Waals surface area (Å²) in [6, 6.07) is 8.38. The first-order valence-corrected chi connectivity index (χ1v) is 5.89. The lowest BCUT2D eigenvalue weighted by molar-refractivity contribution is 0.548. The van der Waals surface area contributed by atoms with Crippen molar-refractivity contribution in [2.75, 3.05) is 13.1 Å². The second-order valence-corrected chi connectivity index (χ2v) is 4.49. The number of benzene rings is 1. The minimum atomic E-state index is 0.493. The van der Waals surface area contributed by atoms with Crippen molar-refractivity contribution in [2.24, 2.45) is 0 Å². The highest BCUT2D eigenvalue weighted by atomic mass is 15.1. The van der Waals surface area contributed by atoms with Gasteiger partial charge in [-0.1, -0.05) is 0 Å². The fourth-order valence-electron chi connectivity index (χ4n) is 2.61. The Labute approximate surface area is 99.9 Å². The van der Waals surface area contributed by atoms with Gasteiger partial charge >= 0.3 is 0 Å². The molecule has 0 unspecified atom stereocenters. The number of nitrogens with zero attached hydrogens (tertiary/aromatic N) is 3. The van der Waals surface area contributed by atoms with Gasteiger partial charge in [0.15, 0.2) is 0 Å². The quantitative estimate of drug-likeness (QED) is 0.806. The maximum absolute atomic E-state index is 8.89. The number of rotatable bonds is 1. The van der Waals surface area contributed by atoms with E-state index in [0.29, 0.717) is 11.6 Å². The van der Waals surface area contributed by atoms with E-state index in [1.54, 1.807) is 0 Å². The highest BCUT2D eigenvalue weighted by Crippen LogP contribution is 2.25. The van der Waals surface area contributed by atoms with Crippen LogP contribution in [0.3, 0.4) is 0 Å². The summed E-state index contributed by atoms with van der Waals surface area (Å²) in [5.41, 5.74) is 2.73. The van der Waals surface area contributed by atoms with Crippen molar-refractivity contribution < 1.29 is 0 Å². The number of nitrogens with one attached hydrogen (secondary N) is 1. The molecule has 17 heavy (non-hydrogen) atoms. The smallest absolute Gasteiger partial charge is 0.107 e. The van der Waals surface area contributed by atoms with Gasteiger partial charge in [-0.2, -0.15) is 5.26 Å². The van der Waals surface area contributed by atoms with Crippen LogP contribution in [-0.4, -0.2) is 22.6 Å². The molecule has 1 fully saturated rings. The second kappa shape index (κ2) is 3.86. The van der Waals surface area contributed by atoms with Gasteiger partial charge < -0.3 is 9.88 Å². The van der Waals surface area contributed by atoms with E-state index in [-0.39, 0.29) is 0 Å². The molecule has 0 aliphatic carbocycles. The van der Waals surface area contributed by atoms with E-state index < -0.39 is 0 Å². The third kappa shape index (κ3) is 1.60. The number of nitriles is 1. The molecule has 0 saturated carbocycles. The number of hydrogen-bond donors (Lipinski definition) is 1. The zero-order valence-electron chi connectivity index (χ0n) is 9.77.